The SMILES string of the molecule is CN(Cc1ccc(C#N)cc1)C(=O)NC1CC2CCC1(C)C2(C)C. The van der Waals surface area contributed by atoms with E-state index in [-0.39, 0.29) is 17.5 Å². The Morgan fingerprint density at radius 3 is 2.50 bits per heavy atom. The van der Waals surface area contributed by atoms with Crippen molar-refractivity contribution >= 4 is 6.03 Å². The molecule has 0 radical (unpaired) electrons. The average molecular weight is 325 g/mol. The Morgan fingerprint density at radius 2 is 2.00 bits per heavy atom. The van der Waals surface area contributed by atoms with Crippen molar-refractivity contribution in [1.29, 1.82) is 5.26 Å². The molecule has 3 rings (SSSR count). The van der Waals surface area contributed by atoms with E-state index in [1.807, 2.05) is 19.2 Å². The minimum absolute atomic E-state index is 0.00562. The zero-order valence-corrected chi connectivity index (χ0v) is 15.1. The van der Waals surface area contributed by atoms with Crippen LogP contribution >= 0.6 is 0 Å². The normalized spacial score (nSPS) is 30.0. The molecule has 1 aromatic carbocycles. The molecule has 128 valence electrons. The number of benzene rings is 1. The minimum Gasteiger partial charge on any atom is -0.335 e. The van der Waals surface area contributed by atoms with E-state index in [9.17, 15) is 4.79 Å². The molecule has 3 atom stereocenters. The molecule has 0 aliphatic heterocycles. The molecule has 0 heterocycles. The lowest BCUT2D eigenvalue weighted by Gasteiger charge is -2.40. The van der Waals surface area contributed by atoms with Crippen molar-refractivity contribution in [3.8, 4) is 6.07 Å². The first-order chi connectivity index (χ1) is 11.3. The van der Waals surface area contributed by atoms with Crippen LogP contribution < -0.4 is 5.32 Å². The average Bonchev–Trinajstić information content (AvgIpc) is 2.89. The fourth-order valence-electron chi connectivity index (χ4n) is 4.71. The van der Waals surface area contributed by atoms with Crippen molar-refractivity contribution in [2.24, 2.45) is 16.7 Å². The summed E-state index contributed by atoms with van der Waals surface area (Å²) in [6.07, 6.45) is 3.59. The minimum atomic E-state index is -0.00562. The molecule has 2 bridgehead atoms. The Labute approximate surface area is 144 Å². The fourth-order valence-corrected chi connectivity index (χ4v) is 4.71. The first-order valence-corrected chi connectivity index (χ1v) is 8.78. The quantitative estimate of drug-likeness (QED) is 0.916. The summed E-state index contributed by atoms with van der Waals surface area (Å²) in [6, 6.07) is 9.77. The molecule has 2 saturated carbocycles. The molecule has 0 saturated heterocycles. The molecule has 2 amide bonds. The van der Waals surface area contributed by atoms with Crippen molar-refractivity contribution in [2.45, 2.75) is 52.6 Å². The Balaban J connectivity index is 1.62. The molecule has 1 aromatic rings. The van der Waals surface area contributed by atoms with E-state index >= 15 is 0 Å². The summed E-state index contributed by atoms with van der Waals surface area (Å²) < 4.78 is 0. The molecule has 2 aliphatic rings. The van der Waals surface area contributed by atoms with Gasteiger partial charge in [0.25, 0.3) is 0 Å². The third-order valence-electron chi connectivity index (χ3n) is 6.94. The van der Waals surface area contributed by atoms with Crippen LogP contribution in [-0.2, 0) is 6.54 Å². The van der Waals surface area contributed by atoms with Crippen LogP contribution in [0.3, 0.4) is 0 Å². The smallest absolute Gasteiger partial charge is 0.317 e. The zero-order chi connectivity index (χ0) is 17.5. The maximum Gasteiger partial charge on any atom is 0.317 e. The highest BCUT2D eigenvalue weighted by Crippen LogP contribution is 2.65. The van der Waals surface area contributed by atoms with E-state index < -0.39 is 0 Å². The summed E-state index contributed by atoms with van der Waals surface area (Å²) in [5.74, 6) is 0.719. The molecule has 1 N–H and O–H groups in total. The molecule has 3 unspecified atom stereocenters. The van der Waals surface area contributed by atoms with E-state index in [2.05, 4.69) is 32.2 Å². The van der Waals surface area contributed by atoms with Crippen LogP contribution in [0.4, 0.5) is 4.79 Å². The molecule has 24 heavy (non-hydrogen) atoms. The van der Waals surface area contributed by atoms with Crippen LogP contribution in [0.1, 0.15) is 51.2 Å². The third kappa shape index (κ3) is 2.56. The number of nitriles is 1. The van der Waals surface area contributed by atoms with Crippen molar-refractivity contribution < 1.29 is 4.79 Å². The summed E-state index contributed by atoms with van der Waals surface area (Å²) >= 11 is 0. The summed E-state index contributed by atoms with van der Waals surface area (Å²) in [5, 5.41) is 12.1. The number of carbonyl (C=O) groups excluding carboxylic acids is 1. The Morgan fingerprint density at radius 1 is 1.33 bits per heavy atom. The van der Waals surface area contributed by atoms with Gasteiger partial charge in [0.15, 0.2) is 0 Å². The van der Waals surface area contributed by atoms with Gasteiger partial charge < -0.3 is 10.2 Å². The number of fused-ring (bicyclic) bond motifs is 2. The van der Waals surface area contributed by atoms with Gasteiger partial charge in [-0.05, 0) is 53.7 Å². The van der Waals surface area contributed by atoms with Gasteiger partial charge in [-0.25, -0.2) is 4.79 Å². The van der Waals surface area contributed by atoms with Gasteiger partial charge in [-0.3, -0.25) is 0 Å². The maximum absolute atomic E-state index is 12.6. The van der Waals surface area contributed by atoms with Crippen LogP contribution in [0.15, 0.2) is 24.3 Å². The number of hydrogen-bond donors (Lipinski definition) is 1. The second-order valence-corrected chi connectivity index (χ2v) is 8.28. The molecule has 4 nitrogen and oxygen atoms in total. The van der Waals surface area contributed by atoms with Crippen LogP contribution in [0.2, 0.25) is 0 Å². The van der Waals surface area contributed by atoms with Crippen molar-refractivity contribution in [3.63, 3.8) is 0 Å². The number of nitrogens with zero attached hydrogens (tertiary/aromatic N) is 2. The second kappa shape index (κ2) is 5.81. The van der Waals surface area contributed by atoms with Crippen LogP contribution in [0, 0.1) is 28.1 Å². The van der Waals surface area contributed by atoms with E-state index in [0.717, 1.165) is 17.9 Å². The van der Waals surface area contributed by atoms with Crippen molar-refractivity contribution in [1.82, 2.24) is 10.2 Å². The summed E-state index contributed by atoms with van der Waals surface area (Å²) in [7, 11) is 1.83. The highest BCUT2D eigenvalue weighted by atomic mass is 16.2. The van der Waals surface area contributed by atoms with Gasteiger partial charge in [0, 0.05) is 19.6 Å². The zero-order valence-electron chi connectivity index (χ0n) is 15.1. The lowest BCUT2D eigenvalue weighted by atomic mass is 9.69. The summed E-state index contributed by atoms with van der Waals surface area (Å²) in [4.78, 5) is 14.3. The molecule has 0 aromatic heterocycles. The van der Waals surface area contributed by atoms with E-state index in [0.29, 0.717) is 17.5 Å². The predicted octanol–water partition coefficient (Wildman–Crippen LogP) is 3.91. The van der Waals surface area contributed by atoms with Gasteiger partial charge in [0.2, 0.25) is 0 Å². The molecular weight excluding hydrogens is 298 g/mol. The van der Waals surface area contributed by atoms with Gasteiger partial charge >= 0.3 is 6.03 Å². The van der Waals surface area contributed by atoms with Gasteiger partial charge in [0.1, 0.15) is 0 Å². The second-order valence-electron chi connectivity index (χ2n) is 8.28. The summed E-state index contributed by atoms with van der Waals surface area (Å²) in [6.45, 7) is 7.61. The van der Waals surface area contributed by atoms with Crippen LogP contribution in [0.25, 0.3) is 0 Å². The maximum atomic E-state index is 12.6. The van der Waals surface area contributed by atoms with Crippen molar-refractivity contribution in [3.05, 3.63) is 35.4 Å². The predicted molar refractivity (Wildman–Crippen MR) is 94.2 cm³/mol. The van der Waals surface area contributed by atoms with E-state index in [1.165, 1.54) is 12.8 Å². The lowest BCUT2D eigenvalue weighted by molar-refractivity contribution is 0.119. The topological polar surface area (TPSA) is 56.1 Å². The number of carbonyl (C=O) groups is 1. The van der Waals surface area contributed by atoms with E-state index in [1.54, 1.807) is 17.0 Å². The number of hydrogen-bond acceptors (Lipinski definition) is 2. The fraction of sp³-hybridized carbons (Fsp3) is 0.600. The molecule has 4 heteroatoms. The monoisotopic (exact) mass is 325 g/mol. The Hall–Kier alpha value is -2.02. The highest BCUT2D eigenvalue weighted by Gasteiger charge is 2.61. The molecule has 0 spiro atoms. The number of amides is 2. The third-order valence-corrected chi connectivity index (χ3v) is 6.94. The first-order valence-electron chi connectivity index (χ1n) is 8.78. The Kier molecular flexibility index (Phi) is 4.07. The molecule has 2 aliphatic carbocycles. The lowest BCUT2D eigenvalue weighted by Crippen LogP contribution is -2.50. The molecular formula is C20H27N3O. The first kappa shape index (κ1) is 16.8. The number of nitrogens with one attached hydrogen (secondary N) is 1. The van der Waals surface area contributed by atoms with Crippen LogP contribution in [-0.4, -0.2) is 24.0 Å². The van der Waals surface area contributed by atoms with Gasteiger partial charge in [0.05, 0.1) is 11.6 Å². The van der Waals surface area contributed by atoms with Gasteiger partial charge in [-0.15, -0.1) is 0 Å². The largest absolute Gasteiger partial charge is 0.335 e. The van der Waals surface area contributed by atoms with Gasteiger partial charge in [-0.1, -0.05) is 32.9 Å². The van der Waals surface area contributed by atoms with Gasteiger partial charge in [-0.2, -0.15) is 5.26 Å². The Bertz CT molecular complexity index is 673. The van der Waals surface area contributed by atoms with E-state index in [4.69, 9.17) is 5.26 Å². The van der Waals surface area contributed by atoms with Crippen molar-refractivity contribution in [2.75, 3.05) is 7.05 Å². The number of rotatable bonds is 3. The molecule has 2 fully saturated rings. The number of urea groups is 1. The highest BCUT2D eigenvalue weighted by molar-refractivity contribution is 5.74. The standard InChI is InChI=1S/C20H27N3O/c1-19(2)16-9-10-20(19,3)17(11-16)22-18(24)23(4)13-15-7-5-14(12-21)6-8-15/h5-8,16-17H,9-11,13H2,1-4H3,(H,22,24). The summed E-state index contributed by atoms with van der Waals surface area (Å²) in [5.41, 5.74) is 2.17. The van der Waals surface area contributed by atoms with Crippen LogP contribution in [0.5, 0.6) is 0 Å².